The Kier molecular flexibility index (Phi) is 3.90. The van der Waals surface area contributed by atoms with E-state index < -0.39 is 5.83 Å². The van der Waals surface area contributed by atoms with Crippen LogP contribution in [0.15, 0.2) is 54.7 Å². The number of pyridine rings is 1. The predicted molar refractivity (Wildman–Crippen MR) is 95.5 cm³/mol. The number of aromatic amines is 1. The number of aromatic nitrogens is 2. The Balaban J connectivity index is 1.68. The van der Waals surface area contributed by atoms with Gasteiger partial charge in [0, 0.05) is 36.1 Å². The lowest BCUT2D eigenvalue weighted by Crippen LogP contribution is -2.31. The quantitative estimate of drug-likeness (QED) is 0.765. The molecule has 1 aromatic carbocycles. The van der Waals surface area contributed by atoms with Gasteiger partial charge in [-0.05, 0) is 29.8 Å². The van der Waals surface area contributed by atoms with Crippen molar-refractivity contribution in [1.29, 1.82) is 0 Å². The highest BCUT2D eigenvalue weighted by Gasteiger charge is 2.20. The van der Waals surface area contributed by atoms with Crippen molar-refractivity contribution in [1.82, 2.24) is 15.3 Å². The van der Waals surface area contributed by atoms with Gasteiger partial charge in [-0.15, -0.1) is 0 Å². The number of benzene rings is 1. The van der Waals surface area contributed by atoms with Crippen LogP contribution in [-0.2, 0) is 6.42 Å². The van der Waals surface area contributed by atoms with Crippen LogP contribution >= 0.6 is 0 Å². The predicted octanol–water partition coefficient (Wildman–Crippen LogP) is 3.83. The first-order valence-electron chi connectivity index (χ1n) is 8.10. The summed E-state index contributed by atoms with van der Waals surface area (Å²) in [4.78, 5) is 19.3. The lowest BCUT2D eigenvalue weighted by molar-refractivity contribution is 0.0946. The first-order chi connectivity index (χ1) is 12.2. The summed E-state index contributed by atoms with van der Waals surface area (Å²) in [6.07, 6.45) is 3.80. The fourth-order valence-electron chi connectivity index (χ4n) is 2.95. The van der Waals surface area contributed by atoms with Gasteiger partial charge in [-0.25, -0.2) is 4.39 Å². The molecule has 124 valence electrons. The number of carbonyl (C=O) groups is 1. The number of nitrogens with one attached hydrogen (secondary N) is 2. The van der Waals surface area contributed by atoms with Crippen molar-refractivity contribution in [2.45, 2.75) is 6.42 Å². The molecule has 0 radical (unpaired) electrons. The number of hydrogen-bond acceptors (Lipinski definition) is 2. The maximum Gasteiger partial charge on any atom is 0.253 e. The molecule has 3 heterocycles. The number of amides is 1. The van der Waals surface area contributed by atoms with Crippen LogP contribution in [0.1, 0.15) is 27.3 Å². The standard InChI is InChI=1S/C20H16FN3O/c21-16(10-13-4-2-1-3-5-13)19-11-14(6-8-22-19)18-12-15-17(24-18)7-9-23-20(15)25/h1-6,8,10-12,24H,7,9H2,(H,23,25). The third-order valence-electron chi connectivity index (χ3n) is 4.21. The first kappa shape index (κ1) is 15.3. The number of hydrogen-bond donors (Lipinski definition) is 2. The third-order valence-corrected chi connectivity index (χ3v) is 4.21. The molecule has 1 aliphatic rings. The largest absolute Gasteiger partial charge is 0.358 e. The van der Waals surface area contributed by atoms with Crippen LogP contribution in [0.2, 0.25) is 0 Å². The zero-order valence-electron chi connectivity index (χ0n) is 13.4. The van der Waals surface area contributed by atoms with E-state index in [1.165, 1.54) is 6.08 Å². The Morgan fingerprint density at radius 1 is 1.16 bits per heavy atom. The molecule has 4 nitrogen and oxygen atoms in total. The van der Waals surface area contributed by atoms with Crippen molar-refractivity contribution >= 4 is 17.8 Å². The van der Waals surface area contributed by atoms with Gasteiger partial charge in [-0.2, -0.15) is 0 Å². The molecular formula is C20H16FN3O. The van der Waals surface area contributed by atoms with Gasteiger partial charge in [-0.1, -0.05) is 30.3 Å². The zero-order valence-corrected chi connectivity index (χ0v) is 13.4. The molecule has 1 amide bonds. The van der Waals surface area contributed by atoms with E-state index in [0.29, 0.717) is 12.1 Å². The second-order valence-corrected chi connectivity index (χ2v) is 5.91. The van der Waals surface area contributed by atoms with Crippen molar-refractivity contribution < 1.29 is 9.18 Å². The van der Waals surface area contributed by atoms with Crippen LogP contribution in [0.4, 0.5) is 4.39 Å². The average molecular weight is 333 g/mol. The van der Waals surface area contributed by atoms with E-state index in [1.807, 2.05) is 36.4 Å². The van der Waals surface area contributed by atoms with E-state index in [9.17, 15) is 9.18 Å². The van der Waals surface area contributed by atoms with Gasteiger partial charge < -0.3 is 10.3 Å². The highest BCUT2D eigenvalue weighted by Crippen LogP contribution is 2.26. The Bertz CT molecular complexity index is 960. The van der Waals surface area contributed by atoms with Gasteiger partial charge in [0.05, 0.1) is 11.3 Å². The lowest BCUT2D eigenvalue weighted by Gasteiger charge is -2.10. The third kappa shape index (κ3) is 3.08. The summed E-state index contributed by atoms with van der Waals surface area (Å²) in [6, 6.07) is 14.6. The molecule has 0 bridgehead atoms. The van der Waals surface area contributed by atoms with Crippen LogP contribution in [0.3, 0.4) is 0 Å². The number of nitrogens with zero attached hydrogens (tertiary/aromatic N) is 1. The number of H-pyrrole nitrogens is 1. The van der Waals surface area contributed by atoms with Crippen molar-refractivity contribution in [3.05, 3.63) is 77.2 Å². The van der Waals surface area contributed by atoms with Crippen molar-refractivity contribution in [2.75, 3.05) is 6.54 Å². The second kappa shape index (κ2) is 6.36. The minimum absolute atomic E-state index is 0.0758. The second-order valence-electron chi connectivity index (χ2n) is 5.91. The fourth-order valence-corrected chi connectivity index (χ4v) is 2.95. The SMILES string of the molecule is O=C1NCCc2[nH]c(-c3ccnc(C(F)=Cc4ccccc4)c3)cc21. The van der Waals surface area contributed by atoms with E-state index in [1.54, 1.807) is 18.3 Å². The van der Waals surface area contributed by atoms with E-state index in [0.717, 1.165) is 28.9 Å². The molecule has 1 aliphatic heterocycles. The minimum Gasteiger partial charge on any atom is -0.358 e. The summed E-state index contributed by atoms with van der Waals surface area (Å²) in [5.41, 5.74) is 4.19. The molecule has 5 heteroatoms. The molecule has 2 aromatic heterocycles. The highest BCUT2D eigenvalue weighted by atomic mass is 19.1. The molecule has 25 heavy (non-hydrogen) atoms. The number of fused-ring (bicyclic) bond motifs is 1. The van der Waals surface area contributed by atoms with Crippen LogP contribution in [0.25, 0.3) is 23.2 Å². The van der Waals surface area contributed by atoms with Gasteiger partial charge in [0.2, 0.25) is 0 Å². The summed E-state index contributed by atoms with van der Waals surface area (Å²) < 4.78 is 14.5. The fraction of sp³-hybridized carbons (Fsp3) is 0.100. The van der Waals surface area contributed by atoms with E-state index >= 15 is 0 Å². The summed E-state index contributed by atoms with van der Waals surface area (Å²) in [6.45, 7) is 0.627. The van der Waals surface area contributed by atoms with Crippen LogP contribution < -0.4 is 5.32 Å². The normalized spacial score (nSPS) is 14.1. The molecular weight excluding hydrogens is 317 g/mol. The molecule has 0 saturated carbocycles. The van der Waals surface area contributed by atoms with E-state index in [4.69, 9.17) is 0 Å². The smallest absolute Gasteiger partial charge is 0.253 e. The summed E-state index contributed by atoms with van der Waals surface area (Å²) in [7, 11) is 0. The Hall–Kier alpha value is -3.21. The Morgan fingerprint density at radius 2 is 2.00 bits per heavy atom. The van der Waals surface area contributed by atoms with E-state index in [-0.39, 0.29) is 11.6 Å². The lowest BCUT2D eigenvalue weighted by atomic mass is 10.1. The first-order valence-corrected chi connectivity index (χ1v) is 8.10. The number of halogens is 1. The van der Waals surface area contributed by atoms with Gasteiger partial charge in [0.1, 0.15) is 5.83 Å². The molecule has 0 unspecified atom stereocenters. The van der Waals surface area contributed by atoms with Gasteiger partial charge in [-0.3, -0.25) is 9.78 Å². The number of carbonyl (C=O) groups excluding carboxylic acids is 1. The summed E-state index contributed by atoms with van der Waals surface area (Å²) in [5.74, 6) is -0.477. The highest BCUT2D eigenvalue weighted by molar-refractivity contribution is 5.97. The number of rotatable bonds is 3. The van der Waals surface area contributed by atoms with Crippen LogP contribution in [0, 0.1) is 0 Å². The Labute approximate surface area is 144 Å². The van der Waals surface area contributed by atoms with Gasteiger partial charge in [0.15, 0.2) is 0 Å². The maximum atomic E-state index is 14.5. The maximum absolute atomic E-state index is 14.5. The summed E-state index contributed by atoms with van der Waals surface area (Å²) >= 11 is 0. The van der Waals surface area contributed by atoms with Gasteiger partial charge >= 0.3 is 0 Å². The van der Waals surface area contributed by atoms with Crippen molar-refractivity contribution in [3.63, 3.8) is 0 Å². The van der Waals surface area contributed by atoms with E-state index in [2.05, 4.69) is 15.3 Å². The molecule has 4 rings (SSSR count). The molecule has 0 spiro atoms. The molecule has 0 saturated heterocycles. The van der Waals surface area contributed by atoms with Crippen molar-refractivity contribution in [3.8, 4) is 11.3 Å². The van der Waals surface area contributed by atoms with Crippen LogP contribution in [-0.4, -0.2) is 22.4 Å². The average Bonchev–Trinajstić information content (AvgIpc) is 3.08. The van der Waals surface area contributed by atoms with Gasteiger partial charge in [0.25, 0.3) is 5.91 Å². The topological polar surface area (TPSA) is 57.8 Å². The van der Waals surface area contributed by atoms with Crippen molar-refractivity contribution in [2.24, 2.45) is 0 Å². The molecule has 0 fully saturated rings. The minimum atomic E-state index is -0.401. The molecule has 2 N–H and O–H groups in total. The molecule has 0 atom stereocenters. The Morgan fingerprint density at radius 3 is 2.80 bits per heavy atom. The zero-order chi connectivity index (χ0) is 17.2. The molecule has 0 aliphatic carbocycles. The molecule has 3 aromatic rings. The van der Waals surface area contributed by atoms with Crippen LogP contribution in [0.5, 0.6) is 0 Å². The summed E-state index contributed by atoms with van der Waals surface area (Å²) in [5, 5.41) is 2.82. The monoisotopic (exact) mass is 333 g/mol.